The van der Waals surface area contributed by atoms with Crippen LogP contribution in [0.15, 0.2) is 72.8 Å². The number of methoxy groups -OCH3 is 1. The van der Waals surface area contributed by atoms with Crippen molar-refractivity contribution in [2.75, 3.05) is 7.11 Å². The van der Waals surface area contributed by atoms with Crippen LogP contribution < -0.4 is 9.47 Å². The zero-order valence-corrected chi connectivity index (χ0v) is 16.5. The van der Waals surface area contributed by atoms with E-state index in [1.807, 2.05) is 48.5 Å². The summed E-state index contributed by atoms with van der Waals surface area (Å²) >= 11 is 13.8. The van der Waals surface area contributed by atoms with Crippen molar-refractivity contribution < 1.29 is 13.9 Å². The van der Waals surface area contributed by atoms with Crippen LogP contribution in [0.4, 0.5) is 4.39 Å². The molecule has 0 N–H and O–H groups in total. The molecule has 1 saturated carbocycles. The molecule has 1 fully saturated rings. The molecule has 2 nitrogen and oxygen atoms in total. The molecule has 3 aromatic carbocycles. The van der Waals surface area contributed by atoms with E-state index in [0.717, 1.165) is 28.2 Å². The normalized spacial score (nSPS) is 26.6. The van der Waals surface area contributed by atoms with Crippen LogP contribution in [0.5, 0.6) is 11.5 Å². The lowest BCUT2D eigenvalue weighted by Crippen LogP contribution is -2.28. The molecule has 1 heterocycles. The van der Waals surface area contributed by atoms with Gasteiger partial charge in [-0.3, -0.25) is 0 Å². The van der Waals surface area contributed by atoms with Crippen LogP contribution in [0.2, 0.25) is 0 Å². The van der Waals surface area contributed by atoms with E-state index < -0.39 is 9.93 Å². The number of para-hydroxylation sites is 1. The Hall–Kier alpha value is -2.23. The van der Waals surface area contributed by atoms with Crippen LogP contribution in [-0.4, -0.2) is 11.4 Å². The van der Waals surface area contributed by atoms with Gasteiger partial charge >= 0.3 is 0 Å². The number of hydrogen-bond acceptors (Lipinski definition) is 2. The first-order valence-corrected chi connectivity index (χ1v) is 9.80. The first-order valence-electron chi connectivity index (χ1n) is 9.05. The molecule has 142 valence electrons. The molecule has 5 rings (SSSR count). The van der Waals surface area contributed by atoms with Gasteiger partial charge in [0.15, 0.2) is 9.93 Å². The summed E-state index contributed by atoms with van der Waals surface area (Å²) in [5.41, 5.74) is 1.98. The standard InChI is InChI=1S/C23H17Cl2FO2/c1-27-17-12-8-15(9-13-17)22-21(23(22,24)25)20(14-6-10-16(26)11-7-14)18-4-2-3-5-19(18)28-22/h2-13,20-21H,1H3/t20-,21-,22-/m1/s1. The molecule has 0 spiro atoms. The van der Waals surface area contributed by atoms with E-state index in [0.29, 0.717) is 0 Å². The summed E-state index contributed by atoms with van der Waals surface area (Å²) in [5.74, 6) is 0.898. The second-order valence-corrected chi connectivity index (χ2v) is 8.62. The lowest BCUT2D eigenvalue weighted by atomic mass is 9.82. The van der Waals surface area contributed by atoms with Crippen molar-refractivity contribution >= 4 is 23.2 Å². The molecular weight excluding hydrogens is 398 g/mol. The molecular formula is C23H17Cl2FO2. The Morgan fingerprint density at radius 3 is 2.29 bits per heavy atom. The fourth-order valence-electron chi connectivity index (χ4n) is 4.48. The molecule has 0 aromatic heterocycles. The highest BCUT2D eigenvalue weighted by molar-refractivity contribution is 6.52. The second kappa shape index (κ2) is 6.13. The molecule has 0 saturated heterocycles. The number of benzene rings is 3. The van der Waals surface area contributed by atoms with E-state index in [2.05, 4.69) is 0 Å². The van der Waals surface area contributed by atoms with Gasteiger partial charge in [-0.2, -0.15) is 0 Å². The molecule has 5 heteroatoms. The highest BCUT2D eigenvalue weighted by atomic mass is 35.5. The maximum absolute atomic E-state index is 13.5. The average Bonchev–Trinajstić information content (AvgIpc) is 3.23. The SMILES string of the molecule is COc1ccc([C@@]23Oc4ccccc4[C@@H](c4ccc(F)cc4)[C@H]2C3(Cl)Cl)cc1. The summed E-state index contributed by atoms with van der Waals surface area (Å²) in [6, 6.07) is 22.0. The Balaban J connectivity index is 1.69. The third-order valence-corrected chi connectivity index (χ3v) is 6.88. The number of hydrogen-bond donors (Lipinski definition) is 0. The van der Waals surface area contributed by atoms with E-state index >= 15 is 0 Å². The maximum atomic E-state index is 13.5. The fraction of sp³-hybridized carbons (Fsp3) is 0.217. The first-order chi connectivity index (χ1) is 13.5. The largest absolute Gasteiger partial charge is 0.497 e. The van der Waals surface area contributed by atoms with Gasteiger partial charge in [0.25, 0.3) is 0 Å². The van der Waals surface area contributed by atoms with Gasteiger partial charge in [-0.15, -0.1) is 0 Å². The predicted molar refractivity (Wildman–Crippen MR) is 108 cm³/mol. The van der Waals surface area contributed by atoms with Gasteiger partial charge in [0.05, 0.1) is 13.0 Å². The summed E-state index contributed by atoms with van der Waals surface area (Å²) < 4.78 is 24.1. The third-order valence-electron chi connectivity index (χ3n) is 5.85. The minimum atomic E-state index is -1.13. The summed E-state index contributed by atoms with van der Waals surface area (Å²) in [6.45, 7) is 0. The van der Waals surface area contributed by atoms with Crippen LogP contribution in [0, 0.1) is 11.7 Å². The number of fused-ring (bicyclic) bond motifs is 2. The molecule has 3 aromatic rings. The fourth-order valence-corrected chi connectivity index (χ4v) is 5.46. The van der Waals surface area contributed by atoms with E-state index in [1.165, 1.54) is 12.1 Å². The second-order valence-electron chi connectivity index (χ2n) is 7.23. The van der Waals surface area contributed by atoms with Gasteiger partial charge in [0, 0.05) is 11.5 Å². The van der Waals surface area contributed by atoms with E-state index in [9.17, 15) is 4.39 Å². The summed E-state index contributed by atoms with van der Waals surface area (Å²) in [5, 5.41) is 0. The Labute approximate surface area is 172 Å². The number of halogens is 3. The summed E-state index contributed by atoms with van der Waals surface area (Å²) in [6.07, 6.45) is 0. The predicted octanol–water partition coefficient (Wildman–Crippen LogP) is 6.06. The van der Waals surface area contributed by atoms with Gasteiger partial charge in [-0.1, -0.05) is 65.7 Å². The van der Waals surface area contributed by atoms with Crippen molar-refractivity contribution in [3.05, 3.63) is 95.3 Å². The lowest BCUT2D eigenvalue weighted by Gasteiger charge is -2.31. The molecule has 1 aliphatic carbocycles. The van der Waals surface area contributed by atoms with Crippen LogP contribution in [-0.2, 0) is 5.60 Å². The quantitative estimate of drug-likeness (QED) is 0.485. The third kappa shape index (κ3) is 2.33. The van der Waals surface area contributed by atoms with Gasteiger partial charge in [0.2, 0.25) is 0 Å². The highest BCUT2D eigenvalue weighted by Gasteiger charge is 2.83. The van der Waals surface area contributed by atoms with Gasteiger partial charge < -0.3 is 9.47 Å². The molecule has 0 unspecified atom stereocenters. The number of rotatable bonds is 3. The molecule has 28 heavy (non-hydrogen) atoms. The van der Waals surface area contributed by atoms with Crippen LogP contribution in [0.1, 0.15) is 22.6 Å². The van der Waals surface area contributed by atoms with Crippen molar-refractivity contribution in [2.45, 2.75) is 15.9 Å². The van der Waals surface area contributed by atoms with Crippen LogP contribution >= 0.6 is 23.2 Å². The van der Waals surface area contributed by atoms with E-state index in [-0.39, 0.29) is 17.7 Å². The van der Waals surface area contributed by atoms with Crippen molar-refractivity contribution in [1.29, 1.82) is 0 Å². The topological polar surface area (TPSA) is 18.5 Å². The van der Waals surface area contributed by atoms with E-state index in [1.54, 1.807) is 19.2 Å². The van der Waals surface area contributed by atoms with Crippen molar-refractivity contribution in [3.8, 4) is 11.5 Å². The minimum absolute atomic E-state index is 0.109. The molecule has 0 bridgehead atoms. The van der Waals surface area contributed by atoms with Crippen LogP contribution in [0.3, 0.4) is 0 Å². The molecule has 0 amide bonds. The first kappa shape index (κ1) is 17.8. The summed E-state index contributed by atoms with van der Waals surface area (Å²) in [4.78, 5) is 0. The Morgan fingerprint density at radius 1 is 0.929 bits per heavy atom. The lowest BCUT2D eigenvalue weighted by molar-refractivity contribution is 0.137. The Kier molecular flexibility index (Phi) is 3.91. The Bertz CT molecular complexity index is 1030. The van der Waals surface area contributed by atoms with Crippen LogP contribution in [0.25, 0.3) is 0 Å². The monoisotopic (exact) mass is 414 g/mol. The van der Waals surface area contributed by atoms with E-state index in [4.69, 9.17) is 32.7 Å². The smallest absolute Gasteiger partial charge is 0.174 e. The zero-order chi connectivity index (χ0) is 19.5. The van der Waals surface area contributed by atoms with Crippen molar-refractivity contribution in [3.63, 3.8) is 0 Å². The highest BCUT2D eigenvalue weighted by Crippen LogP contribution is 2.77. The zero-order valence-electron chi connectivity index (χ0n) is 15.0. The van der Waals surface area contributed by atoms with Gasteiger partial charge in [-0.05, 0) is 41.5 Å². The van der Waals surface area contributed by atoms with Crippen molar-refractivity contribution in [2.24, 2.45) is 5.92 Å². The molecule has 0 radical (unpaired) electrons. The molecule has 1 aliphatic heterocycles. The maximum Gasteiger partial charge on any atom is 0.174 e. The minimum Gasteiger partial charge on any atom is -0.497 e. The number of ether oxygens (including phenoxy) is 2. The molecule has 2 aliphatic rings. The Morgan fingerprint density at radius 2 is 1.61 bits per heavy atom. The van der Waals surface area contributed by atoms with Gasteiger partial charge in [-0.25, -0.2) is 4.39 Å². The van der Waals surface area contributed by atoms with Gasteiger partial charge in [0.1, 0.15) is 17.3 Å². The van der Waals surface area contributed by atoms with Crippen molar-refractivity contribution in [1.82, 2.24) is 0 Å². The molecule has 3 atom stereocenters. The summed E-state index contributed by atoms with van der Waals surface area (Å²) in [7, 11) is 1.62. The average molecular weight is 415 g/mol. The number of alkyl halides is 2.